The summed E-state index contributed by atoms with van der Waals surface area (Å²) in [6, 6.07) is 15.3. The Hall–Kier alpha value is -2.29. The minimum atomic E-state index is -0.348. The van der Waals surface area contributed by atoms with Crippen LogP contribution in [0.15, 0.2) is 42.5 Å². The minimum absolute atomic E-state index is 0.202. The molecule has 19 heavy (non-hydrogen) atoms. The van der Waals surface area contributed by atoms with E-state index in [1.807, 2.05) is 25.1 Å². The van der Waals surface area contributed by atoms with E-state index in [4.69, 9.17) is 9.47 Å². The van der Waals surface area contributed by atoms with Crippen molar-refractivity contribution in [3.8, 4) is 5.75 Å². The van der Waals surface area contributed by atoms with E-state index in [1.54, 1.807) is 31.4 Å². The maximum Gasteiger partial charge on any atom is 0.338 e. The van der Waals surface area contributed by atoms with Gasteiger partial charge in [0.2, 0.25) is 0 Å². The molecule has 0 amide bonds. The van der Waals surface area contributed by atoms with Crippen molar-refractivity contribution in [2.75, 3.05) is 7.11 Å². The zero-order valence-corrected chi connectivity index (χ0v) is 11.0. The predicted octanol–water partition coefficient (Wildman–Crippen LogP) is 3.16. The second kappa shape index (κ2) is 6.05. The number of esters is 1. The highest BCUT2D eigenvalue weighted by atomic mass is 16.5. The summed E-state index contributed by atoms with van der Waals surface area (Å²) >= 11 is 0. The van der Waals surface area contributed by atoms with Gasteiger partial charge in [-0.05, 0) is 36.8 Å². The molecule has 2 aromatic rings. The van der Waals surface area contributed by atoms with Crippen molar-refractivity contribution in [1.29, 1.82) is 0 Å². The first-order valence-corrected chi connectivity index (χ1v) is 5.98. The molecular formula is C16H15O3. The van der Waals surface area contributed by atoms with Gasteiger partial charge in [0, 0.05) is 5.56 Å². The Morgan fingerprint density at radius 3 is 2.63 bits per heavy atom. The van der Waals surface area contributed by atoms with Crippen molar-refractivity contribution < 1.29 is 14.3 Å². The van der Waals surface area contributed by atoms with E-state index in [2.05, 4.69) is 6.07 Å². The third-order valence-electron chi connectivity index (χ3n) is 2.89. The Bertz CT molecular complexity index is 561. The van der Waals surface area contributed by atoms with Gasteiger partial charge in [0.25, 0.3) is 0 Å². The van der Waals surface area contributed by atoms with Crippen molar-refractivity contribution in [2.45, 2.75) is 13.5 Å². The number of rotatable bonds is 4. The number of ether oxygens (including phenoxy) is 2. The molecule has 0 heterocycles. The first-order chi connectivity index (χ1) is 9.22. The lowest BCUT2D eigenvalue weighted by molar-refractivity contribution is 0.0469. The third kappa shape index (κ3) is 3.13. The first kappa shape index (κ1) is 13.1. The van der Waals surface area contributed by atoms with E-state index in [-0.39, 0.29) is 12.6 Å². The molecule has 0 aromatic heterocycles. The van der Waals surface area contributed by atoms with Crippen LogP contribution in [-0.2, 0) is 11.3 Å². The van der Waals surface area contributed by atoms with Crippen LogP contribution in [0, 0.1) is 13.0 Å². The largest absolute Gasteiger partial charge is 0.496 e. The zero-order chi connectivity index (χ0) is 13.7. The average molecular weight is 255 g/mol. The number of methoxy groups -OCH3 is 1. The fraction of sp³-hybridized carbons (Fsp3) is 0.188. The monoisotopic (exact) mass is 255 g/mol. The molecule has 0 aliphatic rings. The van der Waals surface area contributed by atoms with Crippen LogP contribution >= 0.6 is 0 Å². The summed E-state index contributed by atoms with van der Waals surface area (Å²) in [7, 11) is 1.60. The molecule has 0 aliphatic heterocycles. The van der Waals surface area contributed by atoms with E-state index < -0.39 is 0 Å². The van der Waals surface area contributed by atoms with Gasteiger partial charge in [0.1, 0.15) is 12.4 Å². The zero-order valence-electron chi connectivity index (χ0n) is 11.0. The third-order valence-corrected chi connectivity index (χ3v) is 2.89. The second-order valence-corrected chi connectivity index (χ2v) is 4.12. The Balaban J connectivity index is 2.09. The highest BCUT2D eigenvalue weighted by Crippen LogP contribution is 2.22. The van der Waals surface area contributed by atoms with Crippen LogP contribution in [0.5, 0.6) is 5.75 Å². The molecule has 2 aromatic carbocycles. The fourth-order valence-corrected chi connectivity index (χ4v) is 1.80. The molecular weight excluding hydrogens is 240 g/mol. The molecule has 0 unspecified atom stereocenters. The Kier molecular flexibility index (Phi) is 4.18. The molecule has 97 valence electrons. The van der Waals surface area contributed by atoms with Crippen LogP contribution in [0.1, 0.15) is 21.5 Å². The van der Waals surface area contributed by atoms with Crippen LogP contribution in [0.3, 0.4) is 0 Å². The minimum Gasteiger partial charge on any atom is -0.496 e. The lowest BCUT2D eigenvalue weighted by Crippen LogP contribution is -2.06. The summed E-state index contributed by atoms with van der Waals surface area (Å²) in [5, 5.41) is 0. The van der Waals surface area contributed by atoms with Crippen LogP contribution in [0.4, 0.5) is 0 Å². The normalized spacial score (nSPS) is 10.0. The number of aryl methyl sites for hydroxylation is 1. The van der Waals surface area contributed by atoms with Gasteiger partial charge < -0.3 is 9.47 Å². The van der Waals surface area contributed by atoms with Gasteiger partial charge in [0.05, 0.1) is 12.7 Å². The molecule has 0 aliphatic carbocycles. The highest BCUT2D eigenvalue weighted by molar-refractivity contribution is 5.89. The summed E-state index contributed by atoms with van der Waals surface area (Å²) in [6.45, 7) is 2.16. The molecule has 2 rings (SSSR count). The molecule has 0 atom stereocenters. The SMILES string of the molecule is COc1cccc(C)c1COC(=O)c1cc[c]cc1. The topological polar surface area (TPSA) is 35.5 Å². The molecule has 0 N–H and O–H groups in total. The van der Waals surface area contributed by atoms with Crippen molar-refractivity contribution in [3.05, 3.63) is 65.2 Å². The van der Waals surface area contributed by atoms with Crippen LogP contribution in [-0.4, -0.2) is 13.1 Å². The van der Waals surface area contributed by atoms with E-state index in [1.165, 1.54) is 0 Å². The summed E-state index contributed by atoms with van der Waals surface area (Å²) < 4.78 is 10.6. The molecule has 0 saturated carbocycles. The lowest BCUT2D eigenvalue weighted by Gasteiger charge is -2.11. The predicted molar refractivity (Wildman–Crippen MR) is 72.1 cm³/mol. The quantitative estimate of drug-likeness (QED) is 0.787. The Morgan fingerprint density at radius 2 is 1.95 bits per heavy atom. The summed E-state index contributed by atoms with van der Waals surface area (Å²) in [5.41, 5.74) is 2.45. The molecule has 0 saturated heterocycles. The van der Waals surface area contributed by atoms with Crippen molar-refractivity contribution in [1.82, 2.24) is 0 Å². The number of carbonyl (C=O) groups excluding carboxylic acids is 1. The molecule has 0 spiro atoms. The van der Waals surface area contributed by atoms with Gasteiger partial charge in [-0.1, -0.05) is 24.3 Å². The molecule has 3 nitrogen and oxygen atoms in total. The number of carbonyl (C=O) groups is 1. The average Bonchev–Trinajstić information content (AvgIpc) is 2.46. The summed E-state index contributed by atoms with van der Waals surface area (Å²) in [4.78, 5) is 11.9. The highest BCUT2D eigenvalue weighted by Gasteiger charge is 2.10. The van der Waals surface area contributed by atoms with Crippen LogP contribution in [0.2, 0.25) is 0 Å². The maximum absolute atomic E-state index is 11.9. The molecule has 3 heteroatoms. The number of hydrogen-bond acceptors (Lipinski definition) is 3. The second-order valence-electron chi connectivity index (χ2n) is 4.12. The van der Waals surface area contributed by atoms with Crippen LogP contribution < -0.4 is 4.74 Å². The molecule has 1 radical (unpaired) electrons. The smallest absolute Gasteiger partial charge is 0.338 e. The first-order valence-electron chi connectivity index (χ1n) is 5.98. The van der Waals surface area contributed by atoms with Gasteiger partial charge in [-0.2, -0.15) is 0 Å². The van der Waals surface area contributed by atoms with Crippen molar-refractivity contribution in [2.24, 2.45) is 0 Å². The standard InChI is InChI=1S/C16H15O3/c1-12-7-6-10-15(18-2)14(12)11-19-16(17)13-8-4-3-5-9-13/h4-10H,11H2,1-2H3. The van der Waals surface area contributed by atoms with Crippen molar-refractivity contribution >= 4 is 5.97 Å². The Labute approximate surface area is 112 Å². The summed E-state index contributed by atoms with van der Waals surface area (Å²) in [6.07, 6.45) is 0. The Morgan fingerprint density at radius 1 is 1.21 bits per heavy atom. The van der Waals surface area contributed by atoms with Crippen molar-refractivity contribution in [3.63, 3.8) is 0 Å². The maximum atomic E-state index is 11.9. The van der Waals surface area contributed by atoms with Crippen LogP contribution in [0.25, 0.3) is 0 Å². The lowest BCUT2D eigenvalue weighted by atomic mass is 10.1. The number of hydrogen-bond donors (Lipinski definition) is 0. The van der Waals surface area contributed by atoms with Gasteiger partial charge >= 0.3 is 5.97 Å². The molecule has 0 fully saturated rings. The van der Waals surface area contributed by atoms with Gasteiger partial charge in [-0.25, -0.2) is 4.79 Å². The van der Waals surface area contributed by atoms with E-state index in [0.717, 1.165) is 16.9 Å². The summed E-state index contributed by atoms with van der Waals surface area (Å²) in [5.74, 6) is 0.383. The van der Waals surface area contributed by atoms with E-state index in [9.17, 15) is 4.79 Å². The van der Waals surface area contributed by atoms with E-state index >= 15 is 0 Å². The van der Waals surface area contributed by atoms with Gasteiger partial charge in [-0.3, -0.25) is 0 Å². The van der Waals surface area contributed by atoms with Gasteiger partial charge in [-0.15, -0.1) is 0 Å². The number of benzene rings is 2. The van der Waals surface area contributed by atoms with E-state index in [0.29, 0.717) is 5.56 Å². The fourth-order valence-electron chi connectivity index (χ4n) is 1.80. The molecule has 0 bridgehead atoms. The van der Waals surface area contributed by atoms with Gasteiger partial charge in [0.15, 0.2) is 0 Å².